The zero-order valence-corrected chi connectivity index (χ0v) is 20.9. The molecule has 0 saturated carbocycles. The van der Waals surface area contributed by atoms with Gasteiger partial charge >= 0.3 is 0 Å². The van der Waals surface area contributed by atoms with E-state index in [-0.39, 0.29) is 24.0 Å². The molecule has 0 atom stereocenters. The van der Waals surface area contributed by atoms with E-state index in [1.54, 1.807) is 21.3 Å². The Labute approximate surface area is 191 Å². The monoisotopic (exact) mass is 515 g/mol. The molecule has 0 aliphatic heterocycles. The van der Waals surface area contributed by atoms with Gasteiger partial charge in [-0.25, -0.2) is 4.98 Å². The first-order chi connectivity index (χ1) is 13.4. The summed E-state index contributed by atoms with van der Waals surface area (Å²) in [5.74, 6) is 3.86. The highest BCUT2D eigenvalue weighted by Crippen LogP contribution is 2.30. The van der Waals surface area contributed by atoms with Crippen LogP contribution >= 0.6 is 24.0 Å². The molecule has 2 aromatic rings. The fraction of sp³-hybridized carbons (Fsp3) is 0.524. The second kappa shape index (κ2) is 11.9. The zero-order chi connectivity index (χ0) is 20.7. The van der Waals surface area contributed by atoms with Gasteiger partial charge in [0.05, 0.1) is 20.8 Å². The van der Waals surface area contributed by atoms with Gasteiger partial charge in [-0.2, -0.15) is 0 Å². The third-order valence-electron chi connectivity index (χ3n) is 4.59. The van der Waals surface area contributed by atoms with Crippen molar-refractivity contribution in [2.24, 2.45) is 10.9 Å². The molecule has 1 heterocycles. The lowest BCUT2D eigenvalue weighted by atomic mass is 10.1. The van der Waals surface area contributed by atoms with E-state index in [0.717, 1.165) is 41.0 Å². The van der Waals surface area contributed by atoms with Gasteiger partial charge in [-0.15, -0.1) is 24.0 Å². The van der Waals surface area contributed by atoms with E-state index >= 15 is 0 Å². The number of aromatic nitrogens is 2. The quantitative estimate of drug-likeness (QED) is 0.330. The van der Waals surface area contributed by atoms with Gasteiger partial charge in [-0.3, -0.25) is 4.99 Å². The Hall–Kier alpha value is -1.97. The molecule has 162 valence electrons. The summed E-state index contributed by atoms with van der Waals surface area (Å²) in [6.45, 7) is 8.76. The number of nitrogens with one attached hydrogen (secondary N) is 1. The highest BCUT2D eigenvalue weighted by Gasteiger charge is 2.13. The van der Waals surface area contributed by atoms with Crippen molar-refractivity contribution in [1.29, 1.82) is 0 Å². The number of hydrogen-bond acceptors (Lipinski definition) is 4. The van der Waals surface area contributed by atoms with E-state index in [2.05, 4.69) is 45.5 Å². The number of rotatable bonds is 8. The Morgan fingerprint density at radius 2 is 1.90 bits per heavy atom. The van der Waals surface area contributed by atoms with Crippen LogP contribution in [0.4, 0.5) is 0 Å². The normalized spacial score (nSPS) is 11.2. The van der Waals surface area contributed by atoms with Gasteiger partial charge in [0.1, 0.15) is 5.82 Å². The number of methoxy groups -OCH3 is 2. The lowest BCUT2D eigenvalue weighted by Crippen LogP contribution is -2.38. The topological polar surface area (TPSA) is 63.9 Å². The number of ether oxygens (including phenoxy) is 2. The molecule has 1 aromatic carbocycles. The molecule has 1 aromatic heterocycles. The summed E-state index contributed by atoms with van der Waals surface area (Å²) in [4.78, 5) is 11.0. The number of aliphatic imine (C=N–C) groups is 1. The van der Waals surface area contributed by atoms with Crippen molar-refractivity contribution < 1.29 is 9.47 Å². The summed E-state index contributed by atoms with van der Waals surface area (Å²) in [6.07, 6.45) is 3.87. The van der Waals surface area contributed by atoms with Crippen LogP contribution in [-0.4, -0.2) is 48.7 Å². The smallest absolute Gasteiger partial charge is 0.194 e. The number of halogens is 1. The van der Waals surface area contributed by atoms with Crippen LogP contribution in [0.2, 0.25) is 0 Å². The Morgan fingerprint density at radius 3 is 2.48 bits per heavy atom. The summed E-state index contributed by atoms with van der Waals surface area (Å²) in [6, 6.07) is 4.02. The largest absolute Gasteiger partial charge is 0.493 e. The molecule has 7 nitrogen and oxygen atoms in total. The van der Waals surface area contributed by atoms with Crippen LogP contribution in [0.3, 0.4) is 0 Å². The first kappa shape index (κ1) is 25.1. The van der Waals surface area contributed by atoms with Crippen molar-refractivity contribution in [3.8, 4) is 11.5 Å². The second-order valence-electron chi connectivity index (χ2n) is 7.28. The maximum Gasteiger partial charge on any atom is 0.194 e. The van der Waals surface area contributed by atoms with E-state index in [4.69, 9.17) is 9.47 Å². The molecule has 0 bridgehead atoms. The van der Waals surface area contributed by atoms with Crippen molar-refractivity contribution >= 4 is 29.9 Å². The van der Waals surface area contributed by atoms with Crippen LogP contribution in [0.25, 0.3) is 0 Å². The van der Waals surface area contributed by atoms with Crippen LogP contribution in [-0.2, 0) is 19.6 Å². The van der Waals surface area contributed by atoms with Gasteiger partial charge in [0.2, 0.25) is 0 Å². The Balaban J connectivity index is 0.00000420. The molecule has 0 radical (unpaired) electrons. The van der Waals surface area contributed by atoms with Crippen molar-refractivity contribution in [2.45, 2.75) is 40.4 Å². The summed E-state index contributed by atoms with van der Waals surface area (Å²) in [7, 11) is 7.12. The summed E-state index contributed by atoms with van der Waals surface area (Å²) >= 11 is 0. The standard InChI is InChI=1S/C21H33N5O2.HI/c1-15(2)13-26-9-8-23-20(26)12-24-21(22-4)25(5)14-17-11-19(28-7)18(27-6)10-16(17)3;/h8-11,15H,12-14H2,1-7H3,(H,22,24);1H. The molecule has 0 spiro atoms. The van der Waals surface area contributed by atoms with Crippen molar-refractivity contribution in [3.05, 3.63) is 41.5 Å². The van der Waals surface area contributed by atoms with E-state index in [1.807, 2.05) is 31.6 Å². The minimum Gasteiger partial charge on any atom is -0.493 e. The van der Waals surface area contributed by atoms with Gasteiger partial charge < -0.3 is 24.3 Å². The van der Waals surface area contributed by atoms with E-state index in [0.29, 0.717) is 19.0 Å². The SMILES string of the molecule is CN=C(NCc1nccn1CC(C)C)N(C)Cc1cc(OC)c(OC)cc1C.I. The number of guanidine groups is 1. The predicted octanol–water partition coefficient (Wildman–Crippen LogP) is 3.69. The molecule has 0 saturated heterocycles. The van der Waals surface area contributed by atoms with Crippen LogP contribution < -0.4 is 14.8 Å². The second-order valence-corrected chi connectivity index (χ2v) is 7.28. The third-order valence-corrected chi connectivity index (χ3v) is 4.59. The highest BCUT2D eigenvalue weighted by atomic mass is 127. The Kier molecular flexibility index (Phi) is 10.3. The lowest BCUT2D eigenvalue weighted by Gasteiger charge is -2.24. The van der Waals surface area contributed by atoms with Gasteiger partial charge in [-0.1, -0.05) is 13.8 Å². The highest BCUT2D eigenvalue weighted by molar-refractivity contribution is 14.0. The van der Waals surface area contributed by atoms with Crippen LogP contribution in [0.15, 0.2) is 29.5 Å². The molecule has 0 unspecified atom stereocenters. The van der Waals surface area contributed by atoms with Crippen LogP contribution in [0.5, 0.6) is 11.5 Å². The van der Waals surface area contributed by atoms with Gasteiger partial charge in [0.15, 0.2) is 17.5 Å². The number of nitrogens with zero attached hydrogens (tertiary/aromatic N) is 4. The molecular weight excluding hydrogens is 481 g/mol. The van der Waals surface area contributed by atoms with E-state index in [1.165, 1.54) is 0 Å². The van der Waals surface area contributed by atoms with Crippen LogP contribution in [0, 0.1) is 12.8 Å². The first-order valence-corrected chi connectivity index (χ1v) is 9.52. The minimum absolute atomic E-state index is 0. The Morgan fingerprint density at radius 1 is 1.24 bits per heavy atom. The fourth-order valence-electron chi connectivity index (χ4n) is 3.13. The van der Waals surface area contributed by atoms with Crippen molar-refractivity contribution in [2.75, 3.05) is 28.3 Å². The number of hydrogen-bond donors (Lipinski definition) is 1. The molecule has 0 amide bonds. The minimum atomic E-state index is 0. The molecule has 2 rings (SSSR count). The summed E-state index contributed by atoms with van der Waals surface area (Å²) in [5, 5.41) is 3.41. The van der Waals surface area contributed by atoms with Gasteiger partial charge in [0, 0.05) is 39.6 Å². The van der Waals surface area contributed by atoms with E-state index < -0.39 is 0 Å². The zero-order valence-electron chi connectivity index (χ0n) is 18.5. The number of benzene rings is 1. The van der Waals surface area contributed by atoms with Gasteiger partial charge in [-0.05, 0) is 36.1 Å². The van der Waals surface area contributed by atoms with Crippen molar-refractivity contribution in [1.82, 2.24) is 19.8 Å². The maximum atomic E-state index is 5.44. The molecule has 1 N–H and O–H groups in total. The van der Waals surface area contributed by atoms with Crippen LogP contribution in [0.1, 0.15) is 30.8 Å². The predicted molar refractivity (Wildman–Crippen MR) is 128 cm³/mol. The maximum absolute atomic E-state index is 5.44. The van der Waals surface area contributed by atoms with E-state index in [9.17, 15) is 0 Å². The number of imidazole rings is 1. The van der Waals surface area contributed by atoms with Gasteiger partial charge in [0.25, 0.3) is 0 Å². The lowest BCUT2D eigenvalue weighted by molar-refractivity contribution is 0.353. The van der Waals surface area contributed by atoms with Crippen molar-refractivity contribution in [3.63, 3.8) is 0 Å². The molecule has 29 heavy (non-hydrogen) atoms. The average molecular weight is 515 g/mol. The molecular formula is C21H34IN5O2. The molecule has 8 heteroatoms. The number of aryl methyl sites for hydroxylation is 1. The fourth-order valence-corrected chi connectivity index (χ4v) is 3.13. The first-order valence-electron chi connectivity index (χ1n) is 9.52. The summed E-state index contributed by atoms with van der Waals surface area (Å²) in [5.41, 5.74) is 2.30. The average Bonchev–Trinajstić information content (AvgIpc) is 3.09. The molecule has 0 aliphatic rings. The molecule has 0 aliphatic carbocycles. The summed E-state index contributed by atoms with van der Waals surface area (Å²) < 4.78 is 13.0. The molecule has 0 fully saturated rings. The Bertz CT molecular complexity index is 804. The third kappa shape index (κ3) is 6.80.